The van der Waals surface area contributed by atoms with Crippen molar-refractivity contribution in [1.82, 2.24) is 9.78 Å². The summed E-state index contributed by atoms with van der Waals surface area (Å²) in [7, 11) is 0. The van der Waals surface area contributed by atoms with E-state index in [0.29, 0.717) is 5.92 Å². The zero-order chi connectivity index (χ0) is 13.4. The van der Waals surface area contributed by atoms with Crippen molar-refractivity contribution in [3.8, 4) is 0 Å². The van der Waals surface area contributed by atoms with E-state index >= 15 is 0 Å². The van der Waals surface area contributed by atoms with E-state index in [-0.39, 0.29) is 5.38 Å². The number of aromatic nitrogens is 2. The third kappa shape index (κ3) is 2.30. The normalized spacial score (nSPS) is 21.6. The van der Waals surface area contributed by atoms with Crippen molar-refractivity contribution in [3.05, 3.63) is 52.8 Å². The topological polar surface area (TPSA) is 17.8 Å². The summed E-state index contributed by atoms with van der Waals surface area (Å²) in [4.78, 5) is 0. The van der Waals surface area contributed by atoms with Gasteiger partial charge < -0.3 is 0 Å². The van der Waals surface area contributed by atoms with Gasteiger partial charge in [0.1, 0.15) is 0 Å². The minimum absolute atomic E-state index is 0.136. The lowest BCUT2D eigenvalue weighted by atomic mass is 9.99. The number of hydrogen-bond acceptors (Lipinski definition) is 1. The van der Waals surface area contributed by atoms with E-state index in [0.717, 1.165) is 25.1 Å². The molecule has 100 valence electrons. The zero-order valence-corrected chi connectivity index (χ0v) is 12.2. The summed E-state index contributed by atoms with van der Waals surface area (Å²) < 4.78 is 2.10. The first-order valence-electron chi connectivity index (χ1n) is 6.94. The summed E-state index contributed by atoms with van der Waals surface area (Å²) in [6.45, 7) is 5.12. The molecule has 2 atom stereocenters. The second-order valence-corrected chi connectivity index (χ2v) is 5.83. The predicted octanol–water partition coefficient (Wildman–Crippen LogP) is 3.91. The highest BCUT2D eigenvalue weighted by molar-refractivity contribution is 6.21. The Morgan fingerprint density at radius 2 is 2.16 bits per heavy atom. The number of benzene rings is 1. The zero-order valence-electron chi connectivity index (χ0n) is 11.4. The Kier molecular flexibility index (Phi) is 3.36. The molecule has 0 radical (unpaired) electrons. The maximum absolute atomic E-state index is 6.63. The van der Waals surface area contributed by atoms with E-state index in [4.69, 9.17) is 11.6 Å². The summed E-state index contributed by atoms with van der Waals surface area (Å²) in [6, 6.07) is 10.7. The number of alkyl halides is 1. The van der Waals surface area contributed by atoms with Crippen LogP contribution in [0.1, 0.15) is 34.8 Å². The molecule has 1 heterocycles. The minimum Gasteiger partial charge on any atom is -0.270 e. The monoisotopic (exact) mass is 274 g/mol. The van der Waals surface area contributed by atoms with Crippen molar-refractivity contribution in [2.75, 3.05) is 0 Å². The minimum atomic E-state index is 0.136. The molecule has 3 heteroatoms. The highest BCUT2D eigenvalue weighted by atomic mass is 35.5. The van der Waals surface area contributed by atoms with Gasteiger partial charge in [0.15, 0.2) is 0 Å². The fourth-order valence-corrected chi connectivity index (χ4v) is 3.50. The molecule has 1 aromatic heterocycles. The van der Waals surface area contributed by atoms with Gasteiger partial charge in [-0.05, 0) is 49.8 Å². The van der Waals surface area contributed by atoms with Crippen LogP contribution < -0.4 is 0 Å². The third-order valence-corrected chi connectivity index (χ3v) is 4.60. The standard InChI is InChI=1S/C16H19ClN2/c1-3-19-14(8-11(2)18-19)10-13-9-12-6-4-5-7-15(12)16(13)17/h4-8,13,16H,3,9-10H2,1-2H3. The molecule has 0 amide bonds. The largest absolute Gasteiger partial charge is 0.270 e. The lowest BCUT2D eigenvalue weighted by Crippen LogP contribution is -2.11. The van der Waals surface area contributed by atoms with Gasteiger partial charge in [-0.15, -0.1) is 11.6 Å². The van der Waals surface area contributed by atoms with Gasteiger partial charge in [0.2, 0.25) is 0 Å². The molecular formula is C16H19ClN2. The van der Waals surface area contributed by atoms with Crippen LogP contribution in [0, 0.1) is 12.8 Å². The van der Waals surface area contributed by atoms with Crippen LogP contribution in [0.5, 0.6) is 0 Å². The van der Waals surface area contributed by atoms with E-state index in [1.165, 1.54) is 16.8 Å². The molecule has 0 spiro atoms. The molecule has 2 aromatic rings. The van der Waals surface area contributed by atoms with Crippen molar-refractivity contribution in [2.45, 2.75) is 38.6 Å². The number of aryl methyl sites for hydroxylation is 2. The molecule has 0 saturated heterocycles. The lowest BCUT2D eigenvalue weighted by molar-refractivity contribution is 0.505. The fourth-order valence-electron chi connectivity index (χ4n) is 3.11. The maximum atomic E-state index is 6.63. The van der Waals surface area contributed by atoms with Gasteiger partial charge in [-0.25, -0.2) is 0 Å². The third-order valence-electron chi connectivity index (χ3n) is 4.00. The number of hydrogen-bond donors (Lipinski definition) is 0. The number of fused-ring (bicyclic) bond motifs is 1. The van der Waals surface area contributed by atoms with Gasteiger partial charge in [-0.2, -0.15) is 5.10 Å². The van der Waals surface area contributed by atoms with Gasteiger partial charge in [-0.3, -0.25) is 4.68 Å². The van der Waals surface area contributed by atoms with Gasteiger partial charge in [-0.1, -0.05) is 24.3 Å². The summed E-state index contributed by atoms with van der Waals surface area (Å²) >= 11 is 6.63. The van der Waals surface area contributed by atoms with Crippen molar-refractivity contribution in [1.29, 1.82) is 0 Å². The van der Waals surface area contributed by atoms with E-state index in [1.807, 2.05) is 0 Å². The first-order chi connectivity index (χ1) is 9.19. The molecule has 1 aliphatic carbocycles. The second-order valence-electron chi connectivity index (χ2n) is 5.36. The molecule has 0 bridgehead atoms. The molecule has 0 aliphatic heterocycles. The summed E-state index contributed by atoms with van der Waals surface area (Å²) in [5.74, 6) is 0.487. The fraction of sp³-hybridized carbons (Fsp3) is 0.438. The number of nitrogens with zero attached hydrogens (tertiary/aromatic N) is 2. The van der Waals surface area contributed by atoms with Crippen molar-refractivity contribution in [2.24, 2.45) is 5.92 Å². The molecular weight excluding hydrogens is 256 g/mol. The number of halogens is 1. The predicted molar refractivity (Wildman–Crippen MR) is 78.6 cm³/mol. The van der Waals surface area contributed by atoms with E-state index in [1.54, 1.807) is 0 Å². The Balaban J connectivity index is 1.82. The molecule has 0 N–H and O–H groups in total. The Morgan fingerprint density at radius 1 is 1.37 bits per heavy atom. The average Bonchev–Trinajstić information content (AvgIpc) is 2.92. The highest BCUT2D eigenvalue weighted by Crippen LogP contribution is 2.42. The second kappa shape index (κ2) is 5.01. The Morgan fingerprint density at radius 3 is 2.89 bits per heavy atom. The van der Waals surface area contributed by atoms with E-state index < -0.39 is 0 Å². The number of rotatable bonds is 3. The van der Waals surface area contributed by atoms with Gasteiger partial charge in [0, 0.05) is 12.2 Å². The van der Waals surface area contributed by atoms with Gasteiger partial charge >= 0.3 is 0 Å². The summed E-state index contributed by atoms with van der Waals surface area (Å²) in [6.07, 6.45) is 2.09. The van der Waals surface area contributed by atoms with Crippen LogP contribution in [0.15, 0.2) is 30.3 Å². The Bertz CT molecular complexity index is 588. The van der Waals surface area contributed by atoms with Gasteiger partial charge in [0.05, 0.1) is 11.1 Å². The van der Waals surface area contributed by atoms with Crippen LogP contribution in [0.4, 0.5) is 0 Å². The quantitative estimate of drug-likeness (QED) is 0.776. The van der Waals surface area contributed by atoms with E-state index in [9.17, 15) is 0 Å². The first-order valence-corrected chi connectivity index (χ1v) is 7.38. The molecule has 19 heavy (non-hydrogen) atoms. The molecule has 0 fully saturated rings. The van der Waals surface area contributed by atoms with Crippen LogP contribution in [-0.2, 0) is 19.4 Å². The first kappa shape index (κ1) is 12.7. The Labute approximate surface area is 119 Å². The molecule has 1 aromatic carbocycles. The molecule has 2 unspecified atom stereocenters. The summed E-state index contributed by atoms with van der Waals surface area (Å²) in [5, 5.41) is 4.65. The lowest BCUT2D eigenvalue weighted by Gasteiger charge is -2.14. The van der Waals surface area contributed by atoms with Crippen molar-refractivity contribution >= 4 is 11.6 Å². The molecule has 3 rings (SSSR count). The van der Waals surface area contributed by atoms with Crippen LogP contribution in [0.3, 0.4) is 0 Å². The smallest absolute Gasteiger partial charge is 0.0623 e. The van der Waals surface area contributed by atoms with Crippen LogP contribution in [-0.4, -0.2) is 9.78 Å². The summed E-state index contributed by atoms with van der Waals surface area (Å²) in [5.41, 5.74) is 5.13. The van der Waals surface area contributed by atoms with Crippen molar-refractivity contribution < 1.29 is 0 Å². The molecule has 2 nitrogen and oxygen atoms in total. The van der Waals surface area contributed by atoms with Crippen molar-refractivity contribution in [3.63, 3.8) is 0 Å². The SMILES string of the molecule is CCn1nc(C)cc1CC1Cc2ccccc2C1Cl. The maximum Gasteiger partial charge on any atom is 0.0623 e. The van der Waals surface area contributed by atoms with Crippen LogP contribution >= 0.6 is 11.6 Å². The average molecular weight is 275 g/mol. The Hall–Kier alpha value is -1.28. The van der Waals surface area contributed by atoms with Gasteiger partial charge in [0.25, 0.3) is 0 Å². The van der Waals surface area contributed by atoms with Crippen LogP contribution in [0.25, 0.3) is 0 Å². The highest BCUT2D eigenvalue weighted by Gasteiger charge is 2.31. The van der Waals surface area contributed by atoms with Crippen LogP contribution in [0.2, 0.25) is 0 Å². The molecule has 1 aliphatic rings. The van der Waals surface area contributed by atoms with E-state index in [2.05, 4.69) is 54.0 Å². The molecule has 0 saturated carbocycles.